The highest BCUT2D eigenvalue weighted by atomic mass is 16.5. The van der Waals surface area contributed by atoms with Crippen LogP contribution in [0.1, 0.15) is 13.8 Å². The van der Waals surface area contributed by atoms with Gasteiger partial charge in [-0.3, -0.25) is 0 Å². The van der Waals surface area contributed by atoms with E-state index in [0.29, 0.717) is 6.10 Å². The molecular formula is C8H19NO2. The first-order valence-electron chi connectivity index (χ1n) is 4.12. The van der Waals surface area contributed by atoms with Crippen molar-refractivity contribution in [3.8, 4) is 0 Å². The first-order chi connectivity index (χ1) is 5.31. The molecule has 11 heavy (non-hydrogen) atoms. The minimum Gasteiger partial charge on any atom is -0.383 e. The van der Waals surface area contributed by atoms with Crippen LogP contribution < -0.4 is 5.32 Å². The lowest BCUT2D eigenvalue weighted by molar-refractivity contribution is 0.0745. The molecule has 0 aliphatic rings. The molecule has 0 saturated heterocycles. The molecule has 1 atom stereocenters. The molecule has 0 saturated carbocycles. The van der Waals surface area contributed by atoms with E-state index in [2.05, 4.69) is 12.2 Å². The zero-order valence-corrected chi connectivity index (χ0v) is 7.72. The van der Waals surface area contributed by atoms with E-state index in [1.165, 1.54) is 0 Å². The molecule has 3 nitrogen and oxygen atoms in total. The van der Waals surface area contributed by atoms with Gasteiger partial charge in [0.1, 0.15) is 0 Å². The predicted octanol–water partition coefficient (Wildman–Crippen LogP) is 0.647. The standard InChI is InChI=1S/C8H19NO2/c1-4-11-8(2)7-9-5-6-10-3/h8-9H,4-7H2,1-3H3. The Morgan fingerprint density at radius 3 is 2.73 bits per heavy atom. The Labute approximate surface area is 69.1 Å². The molecule has 1 N–H and O–H groups in total. The lowest BCUT2D eigenvalue weighted by atomic mass is 10.4. The second kappa shape index (κ2) is 7.98. The topological polar surface area (TPSA) is 30.5 Å². The minimum absolute atomic E-state index is 0.303. The van der Waals surface area contributed by atoms with Crippen molar-refractivity contribution in [1.29, 1.82) is 0 Å². The molecular weight excluding hydrogens is 142 g/mol. The Morgan fingerprint density at radius 2 is 2.18 bits per heavy atom. The van der Waals surface area contributed by atoms with Crippen LogP contribution in [0.5, 0.6) is 0 Å². The summed E-state index contributed by atoms with van der Waals surface area (Å²) in [6.45, 7) is 7.41. The van der Waals surface area contributed by atoms with Gasteiger partial charge in [-0.1, -0.05) is 0 Å². The molecule has 1 unspecified atom stereocenters. The van der Waals surface area contributed by atoms with E-state index in [4.69, 9.17) is 9.47 Å². The van der Waals surface area contributed by atoms with Crippen molar-refractivity contribution < 1.29 is 9.47 Å². The van der Waals surface area contributed by atoms with Crippen molar-refractivity contribution in [3.05, 3.63) is 0 Å². The number of hydrogen-bond acceptors (Lipinski definition) is 3. The first kappa shape index (κ1) is 10.9. The fourth-order valence-electron chi connectivity index (χ4n) is 0.823. The summed E-state index contributed by atoms with van der Waals surface area (Å²) in [5.74, 6) is 0. The van der Waals surface area contributed by atoms with E-state index in [0.717, 1.165) is 26.3 Å². The Hall–Kier alpha value is -0.120. The average Bonchev–Trinajstić information content (AvgIpc) is 1.99. The van der Waals surface area contributed by atoms with Crippen LogP contribution >= 0.6 is 0 Å². The van der Waals surface area contributed by atoms with Gasteiger partial charge < -0.3 is 14.8 Å². The van der Waals surface area contributed by atoms with Crippen molar-refractivity contribution in [3.63, 3.8) is 0 Å². The van der Waals surface area contributed by atoms with Gasteiger partial charge in [0.05, 0.1) is 12.7 Å². The molecule has 0 rings (SSSR count). The third kappa shape index (κ3) is 7.78. The van der Waals surface area contributed by atoms with Gasteiger partial charge in [0.2, 0.25) is 0 Å². The normalized spacial score (nSPS) is 13.4. The molecule has 68 valence electrons. The SMILES string of the molecule is CCOC(C)CNCCOC. The van der Waals surface area contributed by atoms with Crippen LogP contribution in [0.3, 0.4) is 0 Å². The number of nitrogens with one attached hydrogen (secondary N) is 1. The molecule has 0 spiro atoms. The summed E-state index contributed by atoms with van der Waals surface area (Å²) in [5, 5.41) is 3.22. The number of rotatable bonds is 7. The molecule has 0 heterocycles. The van der Waals surface area contributed by atoms with Gasteiger partial charge >= 0.3 is 0 Å². The molecule has 0 bridgehead atoms. The maximum atomic E-state index is 5.32. The fraction of sp³-hybridized carbons (Fsp3) is 1.00. The lowest BCUT2D eigenvalue weighted by Gasteiger charge is -2.11. The molecule has 0 aromatic rings. The summed E-state index contributed by atoms with van der Waals surface area (Å²) in [6, 6.07) is 0. The predicted molar refractivity (Wildman–Crippen MR) is 45.8 cm³/mol. The van der Waals surface area contributed by atoms with E-state index < -0.39 is 0 Å². The smallest absolute Gasteiger partial charge is 0.0671 e. The van der Waals surface area contributed by atoms with Crippen LogP contribution in [0.2, 0.25) is 0 Å². The first-order valence-corrected chi connectivity index (χ1v) is 4.12. The summed E-state index contributed by atoms with van der Waals surface area (Å²) in [5.41, 5.74) is 0. The van der Waals surface area contributed by atoms with Crippen molar-refractivity contribution in [2.75, 3.05) is 33.4 Å². The molecule has 0 aliphatic heterocycles. The molecule has 0 aromatic carbocycles. The summed E-state index contributed by atoms with van der Waals surface area (Å²) in [4.78, 5) is 0. The zero-order valence-electron chi connectivity index (χ0n) is 7.72. The van der Waals surface area contributed by atoms with Crippen LogP contribution in [-0.2, 0) is 9.47 Å². The highest BCUT2D eigenvalue weighted by molar-refractivity contribution is 4.53. The van der Waals surface area contributed by atoms with Crippen molar-refractivity contribution >= 4 is 0 Å². The van der Waals surface area contributed by atoms with Crippen molar-refractivity contribution in [2.24, 2.45) is 0 Å². The van der Waals surface area contributed by atoms with Crippen LogP contribution in [0.15, 0.2) is 0 Å². The quantitative estimate of drug-likeness (QED) is 0.556. The van der Waals surface area contributed by atoms with E-state index in [1.54, 1.807) is 7.11 Å². The van der Waals surface area contributed by atoms with Gasteiger partial charge in [-0.25, -0.2) is 0 Å². The maximum absolute atomic E-state index is 5.32. The lowest BCUT2D eigenvalue weighted by Crippen LogP contribution is -2.29. The van der Waals surface area contributed by atoms with Crippen molar-refractivity contribution in [1.82, 2.24) is 5.32 Å². The van der Waals surface area contributed by atoms with Crippen LogP contribution in [0, 0.1) is 0 Å². The average molecular weight is 161 g/mol. The molecule has 3 heteroatoms. The Balaban J connectivity index is 2.97. The molecule has 0 amide bonds. The maximum Gasteiger partial charge on any atom is 0.0671 e. The zero-order chi connectivity index (χ0) is 8.53. The number of methoxy groups -OCH3 is 1. The van der Waals surface area contributed by atoms with Gasteiger partial charge in [-0.15, -0.1) is 0 Å². The van der Waals surface area contributed by atoms with Gasteiger partial charge in [0, 0.05) is 26.8 Å². The summed E-state index contributed by atoms with van der Waals surface area (Å²) >= 11 is 0. The minimum atomic E-state index is 0.303. The summed E-state index contributed by atoms with van der Waals surface area (Å²) in [6.07, 6.45) is 0.303. The van der Waals surface area contributed by atoms with Crippen LogP contribution in [0.4, 0.5) is 0 Å². The molecule has 0 aromatic heterocycles. The van der Waals surface area contributed by atoms with Gasteiger partial charge in [0.25, 0.3) is 0 Å². The molecule has 0 fully saturated rings. The second-order valence-electron chi connectivity index (χ2n) is 2.46. The molecule has 0 radical (unpaired) electrons. The van der Waals surface area contributed by atoms with E-state index in [-0.39, 0.29) is 0 Å². The Morgan fingerprint density at radius 1 is 1.45 bits per heavy atom. The Bertz CT molecular complexity index is 78.5. The van der Waals surface area contributed by atoms with Crippen LogP contribution in [-0.4, -0.2) is 39.5 Å². The molecule has 0 aliphatic carbocycles. The van der Waals surface area contributed by atoms with Gasteiger partial charge in [0.15, 0.2) is 0 Å². The highest BCUT2D eigenvalue weighted by Crippen LogP contribution is 1.86. The van der Waals surface area contributed by atoms with E-state index >= 15 is 0 Å². The van der Waals surface area contributed by atoms with Crippen LogP contribution in [0.25, 0.3) is 0 Å². The third-order valence-electron chi connectivity index (χ3n) is 1.37. The van der Waals surface area contributed by atoms with Gasteiger partial charge in [-0.05, 0) is 13.8 Å². The third-order valence-corrected chi connectivity index (χ3v) is 1.37. The summed E-state index contributed by atoms with van der Waals surface area (Å²) in [7, 11) is 1.70. The largest absolute Gasteiger partial charge is 0.383 e. The second-order valence-corrected chi connectivity index (χ2v) is 2.46. The fourth-order valence-corrected chi connectivity index (χ4v) is 0.823. The highest BCUT2D eigenvalue weighted by Gasteiger charge is 1.97. The number of ether oxygens (including phenoxy) is 2. The summed E-state index contributed by atoms with van der Waals surface area (Å²) < 4.78 is 10.2. The van der Waals surface area contributed by atoms with Crippen molar-refractivity contribution in [2.45, 2.75) is 20.0 Å². The number of hydrogen-bond donors (Lipinski definition) is 1. The monoisotopic (exact) mass is 161 g/mol. The Kier molecular flexibility index (Phi) is 7.89. The van der Waals surface area contributed by atoms with E-state index in [1.807, 2.05) is 6.92 Å². The van der Waals surface area contributed by atoms with Gasteiger partial charge in [-0.2, -0.15) is 0 Å². The van der Waals surface area contributed by atoms with E-state index in [9.17, 15) is 0 Å².